The van der Waals surface area contributed by atoms with E-state index >= 15 is 0 Å². The zero-order valence-electron chi connectivity index (χ0n) is 15.4. The first-order valence-electron chi connectivity index (χ1n) is 9.10. The number of hydrogen-bond acceptors (Lipinski definition) is 5. The molecule has 150 valence electrons. The molecule has 1 saturated heterocycles. The van der Waals surface area contributed by atoms with Crippen LogP contribution in [0.3, 0.4) is 0 Å². The second-order valence-electron chi connectivity index (χ2n) is 6.60. The van der Waals surface area contributed by atoms with Gasteiger partial charge in [0.05, 0.1) is 11.1 Å². The molecule has 1 aliphatic rings. The van der Waals surface area contributed by atoms with Gasteiger partial charge >= 0.3 is 0 Å². The Balaban J connectivity index is 1.67. The third kappa shape index (κ3) is 4.30. The molecule has 9 heteroatoms. The Labute approximate surface area is 179 Å². The number of nitrogens with one attached hydrogen (secondary N) is 1. The fourth-order valence-electron chi connectivity index (χ4n) is 3.25. The fourth-order valence-corrected chi connectivity index (χ4v) is 4.49. The minimum Gasteiger partial charge on any atom is -0.353 e. The van der Waals surface area contributed by atoms with E-state index in [1.165, 1.54) is 12.1 Å². The second kappa shape index (κ2) is 8.54. The van der Waals surface area contributed by atoms with Crippen LogP contribution in [-0.4, -0.2) is 40.3 Å². The van der Waals surface area contributed by atoms with E-state index in [1.54, 1.807) is 18.2 Å². The average molecular weight is 477 g/mol. The fraction of sp³-hybridized carbons (Fsp3) is 0.250. The monoisotopic (exact) mass is 476 g/mol. The number of rotatable bonds is 4. The van der Waals surface area contributed by atoms with Gasteiger partial charge in [-0.25, -0.2) is 9.07 Å². The third-order valence-electron chi connectivity index (χ3n) is 4.66. The van der Waals surface area contributed by atoms with Gasteiger partial charge < -0.3 is 10.2 Å². The number of halogens is 2. The Morgan fingerprint density at radius 1 is 1.17 bits per heavy atom. The van der Waals surface area contributed by atoms with Gasteiger partial charge in [-0.2, -0.15) is 16.9 Å². The van der Waals surface area contributed by atoms with Crippen molar-refractivity contribution < 1.29 is 9.18 Å². The number of aromatic nitrogens is 2. The summed E-state index contributed by atoms with van der Waals surface area (Å²) in [5, 5.41) is 8.30. The van der Waals surface area contributed by atoms with Crippen LogP contribution in [0.25, 0.3) is 10.8 Å². The Kier molecular flexibility index (Phi) is 5.86. The second-order valence-corrected chi connectivity index (χ2v) is 8.74. The van der Waals surface area contributed by atoms with Crippen LogP contribution in [0, 0.1) is 5.82 Å². The molecule has 0 saturated carbocycles. The molecular weight excluding hydrogens is 459 g/mol. The highest BCUT2D eigenvalue weighted by Crippen LogP contribution is 2.25. The number of hydrogen-bond donors (Lipinski definition) is 1. The van der Waals surface area contributed by atoms with Crippen molar-refractivity contribution in [1.82, 2.24) is 9.78 Å². The van der Waals surface area contributed by atoms with Crippen molar-refractivity contribution >= 4 is 55.9 Å². The molecule has 4 rings (SSSR count). The maximum absolute atomic E-state index is 14.0. The standard InChI is InChI=1S/C20H18BrFN4O2S/c21-13-5-6-17(16(22)11-13)23-18(27)12-26-20(28)15-4-2-1-3-14(15)19(24-26)25-7-9-29-10-8-25/h1-6,11H,7-10,12H2,(H,23,27). The molecule has 0 spiro atoms. The summed E-state index contributed by atoms with van der Waals surface area (Å²) in [5.41, 5.74) is -0.289. The van der Waals surface area contributed by atoms with Gasteiger partial charge in [-0.3, -0.25) is 9.59 Å². The minimum atomic E-state index is -0.557. The van der Waals surface area contributed by atoms with Gasteiger partial charge in [0.2, 0.25) is 5.91 Å². The van der Waals surface area contributed by atoms with E-state index < -0.39 is 11.7 Å². The first-order valence-corrected chi connectivity index (χ1v) is 11.0. The van der Waals surface area contributed by atoms with Crippen molar-refractivity contribution in [3.63, 3.8) is 0 Å². The van der Waals surface area contributed by atoms with Crippen molar-refractivity contribution in [3.8, 4) is 0 Å². The van der Waals surface area contributed by atoms with Crippen molar-refractivity contribution in [1.29, 1.82) is 0 Å². The highest BCUT2D eigenvalue weighted by Gasteiger charge is 2.19. The summed E-state index contributed by atoms with van der Waals surface area (Å²) in [6.45, 7) is 1.36. The summed E-state index contributed by atoms with van der Waals surface area (Å²) in [6, 6.07) is 11.6. The van der Waals surface area contributed by atoms with Crippen molar-refractivity contribution in [2.75, 3.05) is 34.8 Å². The molecule has 1 aliphatic heterocycles. The molecule has 0 bridgehead atoms. The molecule has 0 unspecified atom stereocenters. The van der Waals surface area contributed by atoms with Crippen LogP contribution in [0.5, 0.6) is 0 Å². The first-order chi connectivity index (χ1) is 14.0. The van der Waals surface area contributed by atoms with Gasteiger partial charge in [-0.05, 0) is 24.3 Å². The van der Waals surface area contributed by atoms with Crippen LogP contribution in [0.1, 0.15) is 0 Å². The number of anilines is 2. The Morgan fingerprint density at radius 3 is 2.62 bits per heavy atom. The smallest absolute Gasteiger partial charge is 0.275 e. The minimum absolute atomic E-state index is 0.0558. The highest BCUT2D eigenvalue weighted by molar-refractivity contribution is 9.10. The van der Waals surface area contributed by atoms with E-state index in [0.29, 0.717) is 15.7 Å². The van der Waals surface area contributed by atoms with Crippen molar-refractivity contribution in [2.24, 2.45) is 0 Å². The third-order valence-corrected chi connectivity index (χ3v) is 6.09. The van der Waals surface area contributed by atoms with Crippen molar-refractivity contribution in [3.05, 3.63) is 63.1 Å². The van der Waals surface area contributed by atoms with Gasteiger partial charge in [0.15, 0.2) is 5.82 Å². The lowest BCUT2D eigenvalue weighted by molar-refractivity contribution is -0.117. The van der Waals surface area contributed by atoms with Crippen LogP contribution in [-0.2, 0) is 11.3 Å². The van der Waals surface area contributed by atoms with Gasteiger partial charge in [0, 0.05) is 34.5 Å². The van der Waals surface area contributed by atoms with Crippen LogP contribution < -0.4 is 15.8 Å². The molecule has 29 heavy (non-hydrogen) atoms. The molecule has 0 atom stereocenters. The normalized spacial score (nSPS) is 14.2. The van der Waals surface area contributed by atoms with E-state index in [0.717, 1.165) is 34.7 Å². The maximum Gasteiger partial charge on any atom is 0.275 e. The maximum atomic E-state index is 14.0. The molecule has 1 amide bonds. The zero-order chi connectivity index (χ0) is 20.4. The Morgan fingerprint density at radius 2 is 1.90 bits per heavy atom. The van der Waals surface area contributed by atoms with Gasteiger partial charge in [-0.15, -0.1) is 0 Å². The quantitative estimate of drug-likeness (QED) is 0.624. The van der Waals surface area contributed by atoms with Gasteiger partial charge in [0.25, 0.3) is 5.56 Å². The number of amides is 1. The number of benzene rings is 2. The van der Waals surface area contributed by atoms with E-state index in [9.17, 15) is 14.0 Å². The number of thioether (sulfide) groups is 1. The number of carbonyl (C=O) groups is 1. The lowest BCUT2D eigenvalue weighted by Crippen LogP contribution is -2.37. The molecule has 0 aliphatic carbocycles. The number of carbonyl (C=O) groups excluding carboxylic acids is 1. The molecule has 1 fully saturated rings. The summed E-state index contributed by atoms with van der Waals surface area (Å²) in [7, 11) is 0. The summed E-state index contributed by atoms with van der Waals surface area (Å²) in [5.74, 6) is 1.59. The highest BCUT2D eigenvalue weighted by atomic mass is 79.9. The molecule has 6 nitrogen and oxygen atoms in total. The number of nitrogens with zero attached hydrogens (tertiary/aromatic N) is 3. The average Bonchev–Trinajstić information content (AvgIpc) is 2.73. The van der Waals surface area contributed by atoms with Crippen LogP contribution in [0.2, 0.25) is 0 Å². The molecule has 3 aromatic rings. The zero-order valence-corrected chi connectivity index (χ0v) is 17.8. The van der Waals surface area contributed by atoms with Crippen molar-refractivity contribution in [2.45, 2.75) is 6.54 Å². The summed E-state index contributed by atoms with van der Waals surface area (Å²) < 4.78 is 15.7. The molecule has 2 aromatic carbocycles. The number of fused-ring (bicyclic) bond motifs is 1. The van der Waals surface area contributed by atoms with E-state index in [2.05, 4.69) is 31.2 Å². The van der Waals surface area contributed by atoms with Crippen LogP contribution in [0.15, 0.2) is 51.7 Å². The Bertz CT molecular complexity index is 1130. The first kappa shape index (κ1) is 19.9. The summed E-state index contributed by atoms with van der Waals surface area (Å²) in [4.78, 5) is 27.5. The summed E-state index contributed by atoms with van der Waals surface area (Å²) in [6.07, 6.45) is 0. The Hall–Kier alpha value is -2.39. The predicted molar refractivity (Wildman–Crippen MR) is 118 cm³/mol. The van der Waals surface area contributed by atoms with E-state index in [1.807, 2.05) is 23.9 Å². The predicted octanol–water partition coefficient (Wildman–Crippen LogP) is 3.49. The SMILES string of the molecule is O=C(Cn1nc(N2CCSCC2)c2ccccc2c1=O)Nc1ccc(Br)cc1F. The molecule has 0 radical (unpaired) electrons. The lowest BCUT2D eigenvalue weighted by Gasteiger charge is -2.28. The van der Waals surface area contributed by atoms with Crippen LogP contribution in [0.4, 0.5) is 15.9 Å². The topological polar surface area (TPSA) is 67.2 Å². The largest absolute Gasteiger partial charge is 0.353 e. The molecule has 1 aromatic heterocycles. The van der Waals surface area contributed by atoms with E-state index in [-0.39, 0.29) is 17.8 Å². The summed E-state index contributed by atoms with van der Waals surface area (Å²) >= 11 is 5.06. The van der Waals surface area contributed by atoms with Gasteiger partial charge in [0.1, 0.15) is 12.4 Å². The lowest BCUT2D eigenvalue weighted by atomic mass is 10.1. The van der Waals surface area contributed by atoms with E-state index in [4.69, 9.17) is 0 Å². The molecule has 2 heterocycles. The van der Waals surface area contributed by atoms with Crippen LogP contribution >= 0.6 is 27.7 Å². The molecule has 1 N–H and O–H groups in total. The van der Waals surface area contributed by atoms with Gasteiger partial charge in [-0.1, -0.05) is 34.1 Å². The molecular formula is C20H18BrFN4O2S.